The van der Waals surface area contributed by atoms with Crippen LogP contribution >= 0.6 is 0 Å². The van der Waals surface area contributed by atoms with Crippen molar-refractivity contribution < 1.29 is 4.79 Å². The van der Waals surface area contributed by atoms with Crippen LogP contribution in [0.4, 0.5) is 0 Å². The number of carbonyl (C=O) groups is 1. The highest BCUT2D eigenvalue weighted by Crippen LogP contribution is 2.19. The van der Waals surface area contributed by atoms with Crippen LogP contribution < -0.4 is 0 Å². The number of hydrogen-bond donors (Lipinski definition) is 0. The summed E-state index contributed by atoms with van der Waals surface area (Å²) >= 11 is 0. The molecule has 1 heterocycles. The minimum absolute atomic E-state index is 0.245. The standard InChI is InChI=1S/C17H20N2O/c20-17(14-8-4-2-1-3-5-9-14)12-19-13-18-15-10-6-7-11-16(15)19/h6-8,10-11,13H,1-5,9,12H2/b14-8+. The molecule has 1 aromatic heterocycles. The van der Waals surface area contributed by atoms with Gasteiger partial charge in [-0.05, 0) is 43.4 Å². The van der Waals surface area contributed by atoms with Crippen LogP contribution in [0.25, 0.3) is 11.0 Å². The van der Waals surface area contributed by atoms with E-state index in [-0.39, 0.29) is 5.78 Å². The van der Waals surface area contributed by atoms with Gasteiger partial charge in [-0.2, -0.15) is 0 Å². The molecular weight excluding hydrogens is 248 g/mol. The van der Waals surface area contributed by atoms with E-state index in [0.29, 0.717) is 6.54 Å². The number of benzene rings is 1. The summed E-state index contributed by atoms with van der Waals surface area (Å²) in [6.45, 7) is 0.409. The van der Waals surface area contributed by atoms with Gasteiger partial charge in [0.25, 0.3) is 0 Å². The summed E-state index contributed by atoms with van der Waals surface area (Å²) in [4.78, 5) is 16.8. The van der Waals surface area contributed by atoms with Gasteiger partial charge in [-0.3, -0.25) is 4.79 Å². The molecule has 0 N–H and O–H groups in total. The zero-order valence-electron chi connectivity index (χ0n) is 11.7. The Bertz CT molecular complexity index is 639. The zero-order chi connectivity index (χ0) is 13.8. The van der Waals surface area contributed by atoms with E-state index in [4.69, 9.17) is 0 Å². The van der Waals surface area contributed by atoms with E-state index in [1.807, 2.05) is 28.8 Å². The molecule has 1 aromatic carbocycles. The third-order valence-corrected chi connectivity index (χ3v) is 3.99. The van der Waals surface area contributed by atoms with Crippen LogP contribution in [0.2, 0.25) is 0 Å². The molecule has 0 unspecified atom stereocenters. The van der Waals surface area contributed by atoms with Crippen LogP contribution in [0, 0.1) is 0 Å². The van der Waals surface area contributed by atoms with Gasteiger partial charge < -0.3 is 4.57 Å². The fourth-order valence-electron chi connectivity index (χ4n) is 2.84. The molecule has 0 spiro atoms. The average molecular weight is 268 g/mol. The Morgan fingerprint density at radius 2 is 2.00 bits per heavy atom. The summed E-state index contributed by atoms with van der Waals surface area (Å²) in [5, 5.41) is 0. The van der Waals surface area contributed by atoms with Crippen LogP contribution in [0.3, 0.4) is 0 Å². The van der Waals surface area contributed by atoms with Crippen molar-refractivity contribution in [2.24, 2.45) is 0 Å². The maximum absolute atomic E-state index is 12.5. The van der Waals surface area contributed by atoms with E-state index < -0.39 is 0 Å². The van der Waals surface area contributed by atoms with Gasteiger partial charge in [-0.25, -0.2) is 4.98 Å². The monoisotopic (exact) mass is 268 g/mol. The first-order valence-corrected chi connectivity index (χ1v) is 7.47. The van der Waals surface area contributed by atoms with E-state index in [0.717, 1.165) is 35.9 Å². The number of carbonyl (C=O) groups excluding carboxylic acids is 1. The number of imidazole rings is 1. The summed E-state index contributed by atoms with van der Waals surface area (Å²) in [7, 11) is 0. The molecule has 0 amide bonds. The van der Waals surface area contributed by atoms with Gasteiger partial charge in [-0.1, -0.05) is 31.1 Å². The minimum atomic E-state index is 0.245. The van der Waals surface area contributed by atoms with Gasteiger partial charge in [0.05, 0.1) is 23.9 Å². The summed E-state index contributed by atoms with van der Waals surface area (Å²) in [6, 6.07) is 7.95. The van der Waals surface area contributed by atoms with Crippen LogP contribution in [0.15, 0.2) is 42.2 Å². The molecule has 0 atom stereocenters. The predicted molar refractivity (Wildman–Crippen MR) is 80.5 cm³/mol. The molecule has 0 saturated carbocycles. The Kier molecular flexibility index (Phi) is 3.95. The topological polar surface area (TPSA) is 34.9 Å². The third-order valence-electron chi connectivity index (χ3n) is 3.99. The summed E-state index contributed by atoms with van der Waals surface area (Å²) in [5.41, 5.74) is 3.00. The number of allylic oxidation sites excluding steroid dienone is 2. The van der Waals surface area contributed by atoms with E-state index in [9.17, 15) is 4.79 Å². The second-order valence-corrected chi connectivity index (χ2v) is 5.47. The van der Waals surface area contributed by atoms with Crippen molar-refractivity contribution in [3.05, 3.63) is 42.2 Å². The molecule has 1 aliphatic carbocycles. The Morgan fingerprint density at radius 1 is 1.15 bits per heavy atom. The van der Waals surface area contributed by atoms with Gasteiger partial charge in [0, 0.05) is 0 Å². The number of Topliss-reactive ketones (excluding diaryl/α,β-unsaturated/α-hetero) is 1. The zero-order valence-corrected chi connectivity index (χ0v) is 11.7. The number of rotatable bonds is 3. The maximum Gasteiger partial charge on any atom is 0.178 e. The van der Waals surface area contributed by atoms with Gasteiger partial charge >= 0.3 is 0 Å². The quantitative estimate of drug-likeness (QED) is 0.846. The number of nitrogens with zero attached hydrogens (tertiary/aromatic N) is 2. The molecule has 0 bridgehead atoms. The number of fused-ring (bicyclic) bond motifs is 1. The summed E-state index contributed by atoms with van der Waals surface area (Å²) < 4.78 is 1.96. The number of ketones is 1. The molecule has 0 saturated heterocycles. The molecular formula is C17H20N2O. The van der Waals surface area contributed by atoms with E-state index in [1.54, 1.807) is 6.33 Å². The molecule has 104 valence electrons. The van der Waals surface area contributed by atoms with Crippen LogP contribution in [0.1, 0.15) is 38.5 Å². The Labute approximate surface area is 119 Å². The lowest BCUT2D eigenvalue weighted by Crippen LogP contribution is -2.12. The first-order valence-electron chi connectivity index (χ1n) is 7.47. The van der Waals surface area contributed by atoms with E-state index in [2.05, 4.69) is 11.1 Å². The summed E-state index contributed by atoms with van der Waals surface area (Å²) in [5.74, 6) is 0.245. The highest BCUT2D eigenvalue weighted by molar-refractivity contribution is 5.95. The largest absolute Gasteiger partial charge is 0.323 e. The molecule has 3 nitrogen and oxygen atoms in total. The van der Waals surface area contributed by atoms with E-state index >= 15 is 0 Å². The van der Waals surface area contributed by atoms with Crippen LogP contribution in [0.5, 0.6) is 0 Å². The second kappa shape index (κ2) is 6.04. The molecule has 20 heavy (non-hydrogen) atoms. The van der Waals surface area contributed by atoms with Crippen molar-refractivity contribution in [3.8, 4) is 0 Å². The van der Waals surface area contributed by atoms with Crippen molar-refractivity contribution in [3.63, 3.8) is 0 Å². The van der Waals surface area contributed by atoms with Crippen molar-refractivity contribution in [2.45, 2.75) is 45.1 Å². The van der Waals surface area contributed by atoms with Gasteiger partial charge in [0.1, 0.15) is 0 Å². The van der Waals surface area contributed by atoms with Crippen molar-refractivity contribution >= 4 is 16.8 Å². The second-order valence-electron chi connectivity index (χ2n) is 5.47. The number of hydrogen-bond acceptors (Lipinski definition) is 2. The molecule has 0 fully saturated rings. The third kappa shape index (κ3) is 2.82. The normalized spacial score (nSPS) is 19.1. The Hall–Kier alpha value is -1.90. The molecule has 3 heteroatoms. The molecule has 1 aliphatic rings. The highest BCUT2D eigenvalue weighted by Gasteiger charge is 2.13. The lowest BCUT2D eigenvalue weighted by atomic mass is 9.97. The number of aromatic nitrogens is 2. The fraction of sp³-hybridized carbons (Fsp3) is 0.412. The smallest absolute Gasteiger partial charge is 0.178 e. The first kappa shape index (κ1) is 13.1. The predicted octanol–water partition coefficient (Wildman–Crippen LogP) is 3.89. The van der Waals surface area contributed by atoms with Crippen molar-refractivity contribution in [1.82, 2.24) is 9.55 Å². The summed E-state index contributed by atoms with van der Waals surface area (Å²) in [6.07, 6.45) is 10.8. The molecule has 0 radical (unpaired) electrons. The van der Waals surface area contributed by atoms with Crippen molar-refractivity contribution in [2.75, 3.05) is 0 Å². The Balaban J connectivity index is 1.78. The van der Waals surface area contributed by atoms with Crippen molar-refractivity contribution in [1.29, 1.82) is 0 Å². The lowest BCUT2D eigenvalue weighted by molar-refractivity contribution is -0.116. The lowest BCUT2D eigenvalue weighted by Gasteiger charge is -2.11. The Morgan fingerprint density at radius 3 is 2.95 bits per heavy atom. The van der Waals surface area contributed by atoms with Crippen LogP contribution in [-0.4, -0.2) is 15.3 Å². The maximum atomic E-state index is 12.5. The van der Waals surface area contributed by atoms with Gasteiger partial charge in [0.2, 0.25) is 0 Å². The highest BCUT2D eigenvalue weighted by atomic mass is 16.1. The number of para-hydroxylation sites is 2. The minimum Gasteiger partial charge on any atom is -0.323 e. The van der Waals surface area contributed by atoms with Gasteiger partial charge in [0.15, 0.2) is 5.78 Å². The van der Waals surface area contributed by atoms with Crippen LogP contribution in [-0.2, 0) is 11.3 Å². The van der Waals surface area contributed by atoms with Gasteiger partial charge in [-0.15, -0.1) is 0 Å². The van der Waals surface area contributed by atoms with E-state index in [1.165, 1.54) is 19.3 Å². The fourth-order valence-corrected chi connectivity index (χ4v) is 2.84. The molecule has 3 rings (SSSR count). The SMILES string of the molecule is O=C(Cn1cnc2ccccc21)/C1=C/CCCCCC1. The first-order chi connectivity index (χ1) is 9.84. The molecule has 2 aromatic rings. The average Bonchev–Trinajstić information content (AvgIpc) is 2.82. The molecule has 0 aliphatic heterocycles.